The summed E-state index contributed by atoms with van der Waals surface area (Å²) in [5, 5.41) is 10.7. The molecule has 0 fully saturated rings. The summed E-state index contributed by atoms with van der Waals surface area (Å²) in [4.78, 5) is 12.3. The van der Waals surface area contributed by atoms with Crippen LogP contribution in [0.15, 0.2) is 36.4 Å². The molecule has 1 N–H and O–H groups in total. The summed E-state index contributed by atoms with van der Waals surface area (Å²) in [5.41, 5.74) is 1.54. The van der Waals surface area contributed by atoms with E-state index in [4.69, 9.17) is 32.1 Å². The minimum Gasteiger partial charge on any atom is -0.464 e. The first-order valence-corrected chi connectivity index (χ1v) is 12.9. The van der Waals surface area contributed by atoms with E-state index < -0.39 is 34.9 Å². The largest absolute Gasteiger partial charge is 0.464 e. The standard InChI is InChI=1S/C22H26BCl2FO6S/c1-4-31-22(27)21(32-33(3,29)30)10-14(13-23(2)28)9-16-6-5-15(11-19(16)25)18-12-17(24)7-8-20(18)26/h5-8,11-12,14,21,28H,4,9-10,13H2,1-3H3/t14-,21-/m1/s1. The Bertz CT molecular complexity index is 1080. The Labute approximate surface area is 204 Å². The predicted molar refractivity (Wildman–Crippen MR) is 129 cm³/mol. The first-order chi connectivity index (χ1) is 15.4. The Balaban J connectivity index is 2.30. The number of carbonyl (C=O) groups is 1. The zero-order chi connectivity index (χ0) is 24.8. The zero-order valence-corrected chi connectivity index (χ0v) is 20.9. The van der Waals surface area contributed by atoms with Gasteiger partial charge in [-0.15, -0.1) is 0 Å². The van der Waals surface area contributed by atoms with E-state index in [1.165, 1.54) is 18.2 Å². The van der Waals surface area contributed by atoms with Crippen molar-refractivity contribution in [3.05, 3.63) is 57.8 Å². The molecule has 2 rings (SSSR count). The van der Waals surface area contributed by atoms with Gasteiger partial charge in [0.1, 0.15) is 5.82 Å². The molecule has 0 amide bonds. The van der Waals surface area contributed by atoms with E-state index in [-0.39, 0.29) is 25.3 Å². The van der Waals surface area contributed by atoms with E-state index in [0.717, 1.165) is 6.26 Å². The van der Waals surface area contributed by atoms with E-state index in [2.05, 4.69) is 0 Å². The van der Waals surface area contributed by atoms with Gasteiger partial charge in [0.25, 0.3) is 17.0 Å². The van der Waals surface area contributed by atoms with Crippen LogP contribution in [0.1, 0.15) is 18.9 Å². The van der Waals surface area contributed by atoms with Crippen LogP contribution >= 0.6 is 23.2 Å². The summed E-state index contributed by atoms with van der Waals surface area (Å²) < 4.78 is 47.4. The molecule has 0 saturated carbocycles. The van der Waals surface area contributed by atoms with E-state index in [1.807, 2.05) is 0 Å². The number of benzene rings is 2. The van der Waals surface area contributed by atoms with Crippen LogP contribution in [0.25, 0.3) is 11.1 Å². The predicted octanol–water partition coefficient (Wildman–Crippen LogP) is 4.87. The van der Waals surface area contributed by atoms with Crippen molar-refractivity contribution in [2.75, 3.05) is 12.9 Å². The van der Waals surface area contributed by atoms with Gasteiger partial charge in [0.15, 0.2) is 6.10 Å². The number of hydrogen-bond acceptors (Lipinski definition) is 6. The average Bonchev–Trinajstić information content (AvgIpc) is 2.69. The first kappa shape index (κ1) is 27.6. The highest BCUT2D eigenvalue weighted by atomic mass is 35.5. The SMILES string of the molecule is CCOC(=O)[C@@H](C[C@H](CB(C)O)Cc1ccc(-c2cc(Cl)ccc2F)cc1Cl)OS(C)(=O)=O. The van der Waals surface area contributed by atoms with Crippen molar-refractivity contribution < 1.29 is 31.5 Å². The second kappa shape index (κ2) is 12.2. The number of hydrogen-bond donors (Lipinski definition) is 1. The molecule has 0 radical (unpaired) electrons. The summed E-state index contributed by atoms with van der Waals surface area (Å²) >= 11 is 12.5. The zero-order valence-electron chi connectivity index (χ0n) is 18.6. The van der Waals surface area contributed by atoms with Crippen LogP contribution in [0.4, 0.5) is 4.39 Å². The Hall–Kier alpha value is -1.65. The number of ether oxygens (including phenoxy) is 1. The number of rotatable bonds is 11. The van der Waals surface area contributed by atoms with Crippen LogP contribution < -0.4 is 0 Å². The van der Waals surface area contributed by atoms with Crippen molar-refractivity contribution in [2.45, 2.75) is 39.0 Å². The fourth-order valence-corrected chi connectivity index (χ4v) is 4.59. The molecule has 0 aliphatic heterocycles. The summed E-state index contributed by atoms with van der Waals surface area (Å²) in [6.45, 7) is 2.55. The fourth-order valence-electron chi connectivity index (χ4n) is 3.58. The van der Waals surface area contributed by atoms with Crippen molar-refractivity contribution in [3.8, 4) is 11.1 Å². The lowest BCUT2D eigenvalue weighted by molar-refractivity contribution is -0.152. The maximum atomic E-state index is 14.2. The summed E-state index contributed by atoms with van der Waals surface area (Å²) in [7, 11) is -3.92. The van der Waals surface area contributed by atoms with Gasteiger partial charge >= 0.3 is 5.97 Å². The molecule has 33 heavy (non-hydrogen) atoms. The van der Waals surface area contributed by atoms with Gasteiger partial charge in [-0.3, -0.25) is 4.18 Å². The molecule has 0 spiro atoms. The molecular weight excluding hydrogens is 493 g/mol. The lowest BCUT2D eigenvalue weighted by Crippen LogP contribution is -2.32. The molecular formula is C22H26BCl2FO6S. The van der Waals surface area contributed by atoms with Crippen LogP contribution in [0, 0.1) is 11.7 Å². The molecule has 0 bridgehead atoms. The van der Waals surface area contributed by atoms with Crippen LogP contribution in [0.5, 0.6) is 0 Å². The molecule has 6 nitrogen and oxygen atoms in total. The molecule has 0 aromatic heterocycles. The lowest BCUT2D eigenvalue weighted by Gasteiger charge is -2.23. The first-order valence-electron chi connectivity index (χ1n) is 10.4. The highest BCUT2D eigenvalue weighted by molar-refractivity contribution is 7.86. The van der Waals surface area contributed by atoms with Gasteiger partial charge in [-0.2, -0.15) is 8.42 Å². The second-order valence-electron chi connectivity index (χ2n) is 7.86. The molecule has 11 heteroatoms. The van der Waals surface area contributed by atoms with Crippen LogP contribution in [-0.2, 0) is 30.3 Å². The number of halogens is 3. The summed E-state index contributed by atoms with van der Waals surface area (Å²) in [5.74, 6) is -1.59. The molecule has 0 heterocycles. The van der Waals surface area contributed by atoms with Crippen LogP contribution in [0.2, 0.25) is 23.2 Å². The molecule has 2 atom stereocenters. The fraction of sp³-hybridized carbons (Fsp3) is 0.409. The highest BCUT2D eigenvalue weighted by Crippen LogP contribution is 2.32. The van der Waals surface area contributed by atoms with Gasteiger partial charge in [0, 0.05) is 15.6 Å². The molecule has 0 aliphatic carbocycles. The monoisotopic (exact) mass is 518 g/mol. The average molecular weight is 519 g/mol. The topological polar surface area (TPSA) is 89.9 Å². The van der Waals surface area contributed by atoms with E-state index >= 15 is 0 Å². The minimum absolute atomic E-state index is 0.00218. The second-order valence-corrected chi connectivity index (χ2v) is 10.3. The Kier molecular flexibility index (Phi) is 10.2. The Morgan fingerprint density at radius 2 is 1.91 bits per heavy atom. The molecule has 180 valence electrons. The lowest BCUT2D eigenvalue weighted by atomic mass is 9.62. The van der Waals surface area contributed by atoms with E-state index in [1.54, 1.807) is 31.9 Å². The number of esters is 1. The normalized spacial score (nSPS) is 13.4. The Morgan fingerprint density at radius 3 is 2.48 bits per heavy atom. The molecule has 0 aliphatic rings. The summed E-state index contributed by atoms with van der Waals surface area (Å²) in [6, 6.07) is 9.27. The van der Waals surface area contributed by atoms with Gasteiger partial charge in [0.2, 0.25) is 0 Å². The molecule has 0 unspecified atom stereocenters. The third-order valence-corrected chi connectivity index (χ3v) is 6.03. The third-order valence-electron chi connectivity index (χ3n) is 4.86. The van der Waals surface area contributed by atoms with Crippen molar-refractivity contribution in [3.63, 3.8) is 0 Å². The van der Waals surface area contributed by atoms with Gasteiger partial charge in [-0.25, -0.2) is 9.18 Å². The summed E-state index contributed by atoms with van der Waals surface area (Å²) in [6.07, 6.45) is 0.0997. The smallest absolute Gasteiger partial charge is 0.336 e. The van der Waals surface area contributed by atoms with Crippen molar-refractivity contribution >= 4 is 46.2 Å². The third kappa shape index (κ3) is 8.90. The maximum absolute atomic E-state index is 14.2. The van der Waals surface area contributed by atoms with Gasteiger partial charge in [-0.05, 0) is 67.4 Å². The molecule has 2 aromatic rings. The highest BCUT2D eigenvalue weighted by Gasteiger charge is 2.30. The minimum atomic E-state index is -3.92. The van der Waals surface area contributed by atoms with E-state index in [9.17, 15) is 22.6 Å². The van der Waals surface area contributed by atoms with Crippen molar-refractivity contribution in [1.82, 2.24) is 0 Å². The van der Waals surface area contributed by atoms with Gasteiger partial charge in [0.05, 0.1) is 12.9 Å². The Morgan fingerprint density at radius 1 is 1.21 bits per heavy atom. The van der Waals surface area contributed by atoms with Crippen molar-refractivity contribution in [2.24, 2.45) is 5.92 Å². The quantitative estimate of drug-likeness (QED) is 0.259. The van der Waals surface area contributed by atoms with Crippen molar-refractivity contribution in [1.29, 1.82) is 0 Å². The molecule has 2 aromatic carbocycles. The number of carbonyl (C=O) groups excluding carboxylic acids is 1. The maximum Gasteiger partial charge on any atom is 0.336 e. The van der Waals surface area contributed by atoms with Gasteiger partial charge in [-0.1, -0.05) is 42.2 Å². The van der Waals surface area contributed by atoms with Crippen LogP contribution in [0.3, 0.4) is 0 Å². The van der Waals surface area contributed by atoms with E-state index in [0.29, 0.717) is 33.2 Å². The molecule has 0 saturated heterocycles. The van der Waals surface area contributed by atoms with Crippen LogP contribution in [-0.4, -0.2) is 45.3 Å². The van der Waals surface area contributed by atoms with Gasteiger partial charge < -0.3 is 9.76 Å².